The topological polar surface area (TPSA) is 92.3 Å². The van der Waals surface area contributed by atoms with Gasteiger partial charge in [-0.05, 0) is 25.5 Å². The molecular formula is C20H22N4O3S2. The summed E-state index contributed by atoms with van der Waals surface area (Å²) < 4.78 is 26.0. The van der Waals surface area contributed by atoms with Crippen LogP contribution in [0.3, 0.4) is 0 Å². The Bertz CT molecular complexity index is 1080. The Morgan fingerprint density at radius 1 is 1.10 bits per heavy atom. The molecule has 0 aliphatic rings. The lowest BCUT2D eigenvalue weighted by molar-refractivity contribution is -0.117. The van der Waals surface area contributed by atoms with Gasteiger partial charge in [-0.3, -0.25) is 14.4 Å². The third-order valence-electron chi connectivity index (χ3n) is 4.29. The molecule has 1 aromatic heterocycles. The van der Waals surface area contributed by atoms with Crippen molar-refractivity contribution < 1.29 is 13.2 Å². The molecule has 1 heterocycles. The maximum atomic E-state index is 12.9. The number of rotatable bonds is 7. The first-order valence-corrected chi connectivity index (χ1v) is 11.7. The molecule has 0 saturated heterocycles. The number of nitrogens with one attached hydrogen (secondary N) is 1. The molecule has 0 spiro atoms. The first kappa shape index (κ1) is 20.9. The number of carbonyl (C=O) groups is 1. The van der Waals surface area contributed by atoms with E-state index in [-0.39, 0.29) is 0 Å². The molecule has 0 aliphatic heterocycles. The number of hydrogen-bond acceptors (Lipinski definition) is 6. The first-order valence-electron chi connectivity index (χ1n) is 9.05. The number of sulfonamides is 1. The number of amides is 1. The van der Waals surface area contributed by atoms with E-state index in [0.29, 0.717) is 22.2 Å². The number of anilines is 2. The molecule has 0 fully saturated rings. The van der Waals surface area contributed by atoms with Crippen molar-refractivity contribution in [3.8, 4) is 10.6 Å². The van der Waals surface area contributed by atoms with Gasteiger partial charge in [0.2, 0.25) is 21.1 Å². The maximum absolute atomic E-state index is 12.9. The normalized spacial score (nSPS) is 12.4. The zero-order chi connectivity index (χ0) is 21.0. The van der Waals surface area contributed by atoms with Crippen molar-refractivity contribution in [2.24, 2.45) is 0 Å². The van der Waals surface area contributed by atoms with Crippen LogP contribution in [-0.4, -0.2) is 36.8 Å². The lowest BCUT2D eigenvalue weighted by Crippen LogP contribution is -2.46. The van der Waals surface area contributed by atoms with Crippen molar-refractivity contribution in [1.82, 2.24) is 10.2 Å². The maximum Gasteiger partial charge on any atom is 0.250 e. The third kappa shape index (κ3) is 4.99. The molecule has 0 saturated carbocycles. The molecule has 2 aromatic carbocycles. The number of aryl methyl sites for hydroxylation is 1. The van der Waals surface area contributed by atoms with Crippen molar-refractivity contribution in [2.45, 2.75) is 26.3 Å². The second-order valence-corrected chi connectivity index (χ2v) is 9.42. The molecule has 29 heavy (non-hydrogen) atoms. The number of aromatic nitrogens is 2. The van der Waals surface area contributed by atoms with E-state index in [1.165, 1.54) is 11.3 Å². The van der Waals surface area contributed by atoms with Crippen LogP contribution >= 0.6 is 11.3 Å². The fourth-order valence-electron chi connectivity index (χ4n) is 2.91. The lowest BCUT2D eigenvalue weighted by atomic mass is 10.2. The number of carbonyl (C=O) groups excluding carboxylic acids is 1. The fourth-order valence-corrected chi connectivity index (χ4v) is 4.87. The summed E-state index contributed by atoms with van der Waals surface area (Å²) in [5.41, 5.74) is 2.48. The van der Waals surface area contributed by atoms with E-state index >= 15 is 0 Å². The monoisotopic (exact) mass is 430 g/mol. The van der Waals surface area contributed by atoms with Crippen LogP contribution in [0.15, 0.2) is 54.6 Å². The molecular weight excluding hydrogens is 408 g/mol. The number of nitrogens with zero attached hydrogens (tertiary/aromatic N) is 3. The smallest absolute Gasteiger partial charge is 0.250 e. The summed E-state index contributed by atoms with van der Waals surface area (Å²) in [5, 5.41) is 11.9. The molecule has 0 unspecified atom stereocenters. The van der Waals surface area contributed by atoms with Gasteiger partial charge in [0.05, 0.1) is 11.9 Å². The predicted molar refractivity (Wildman–Crippen MR) is 117 cm³/mol. The van der Waals surface area contributed by atoms with E-state index in [4.69, 9.17) is 0 Å². The highest BCUT2D eigenvalue weighted by Gasteiger charge is 2.32. The predicted octanol–water partition coefficient (Wildman–Crippen LogP) is 3.70. The van der Waals surface area contributed by atoms with Gasteiger partial charge in [0, 0.05) is 5.56 Å². The van der Waals surface area contributed by atoms with Gasteiger partial charge in [-0.15, -0.1) is 10.2 Å². The minimum Gasteiger partial charge on any atom is -0.299 e. The zero-order valence-electron chi connectivity index (χ0n) is 16.4. The molecule has 1 N–H and O–H groups in total. The third-order valence-corrected chi connectivity index (χ3v) is 6.36. The molecule has 0 aliphatic carbocycles. The van der Waals surface area contributed by atoms with Crippen molar-refractivity contribution in [1.29, 1.82) is 0 Å². The van der Waals surface area contributed by atoms with Crippen LogP contribution in [0.25, 0.3) is 10.6 Å². The average Bonchev–Trinajstić information content (AvgIpc) is 3.14. The van der Waals surface area contributed by atoms with Crippen LogP contribution < -0.4 is 9.62 Å². The molecule has 1 atom stereocenters. The van der Waals surface area contributed by atoms with Crippen LogP contribution in [0.4, 0.5) is 10.8 Å². The van der Waals surface area contributed by atoms with Gasteiger partial charge in [0.25, 0.3) is 0 Å². The van der Waals surface area contributed by atoms with Crippen LogP contribution in [0.2, 0.25) is 0 Å². The Labute approximate surface area is 174 Å². The Morgan fingerprint density at radius 2 is 1.76 bits per heavy atom. The van der Waals surface area contributed by atoms with Crippen molar-refractivity contribution >= 4 is 38.1 Å². The number of benzene rings is 2. The Hall–Kier alpha value is -2.78. The Morgan fingerprint density at radius 3 is 2.34 bits per heavy atom. The molecule has 3 rings (SSSR count). The molecule has 0 radical (unpaired) electrons. The van der Waals surface area contributed by atoms with Gasteiger partial charge in [-0.25, -0.2) is 8.42 Å². The van der Waals surface area contributed by atoms with E-state index in [1.54, 1.807) is 37.3 Å². The molecule has 0 bridgehead atoms. The van der Waals surface area contributed by atoms with E-state index in [9.17, 15) is 13.2 Å². The summed E-state index contributed by atoms with van der Waals surface area (Å²) in [6.07, 6.45) is 1.40. The van der Waals surface area contributed by atoms with Gasteiger partial charge >= 0.3 is 0 Å². The summed E-state index contributed by atoms with van der Waals surface area (Å²) in [6, 6.07) is 15.5. The molecule has 7 nitrogen and oxygen atoms in total. The second-order valence-electron chi connectivity index (χ2n) is 6.59. The highest BCUT2D eigenvalue weighted by molar-refractivity contribution is 7.92. The van der Waals surface area contributed by atoms with Gasteiger partial charge in [-0.1, -0.05) is 66.3 Å². The van der Waals surface area contributed by atoms with Crippen molar-refractivity contribution in [2.75, 3.05) is 15.9 Å². The van der Waals surface area contributed by atoms with Crippen molar-refractivity contribution in [3.05, 3.63) is 60.2 Å². The van der Waals surface area contributed by atoms with Crippen LogP contribution in [0.1, 0.15) is 18.9 Å². The summed E-state index contributed by atoms with van der Waals surface area (Å²) >= 11 is 1.24. The quantitative estimate of drug-likeness (QED) is 0.617. The Kier molecular flexibility index (Phi) is 6.29. The number of hydrogen-bond donors (Lipinski definition) is 1. The van der Waals surface area contributed by atoms with Gasteiger partial charge < -0.3 is 0 Å². The van der Waals surface area contributed by atoms with E-state index in [0.717, 1.165) is 21.7 Å². The van der Waals surface area contributed by atoms with E-state index < -0.39 is 22.0 Å². The molecule has 1 amide bonds. The average molecular weight is 431 g/mol. The SMILES string of the molecule is CC[C@H](C(=O)Nc1nnc(-c2ccc(C)cc2)s1)N(c1ccccc1)S(C)(=O)=O. The highest BCUT2D eigenvalue weighted by Crippen LogP contribution is 2.28. The summed E-state index contributed by atoms with van der Waals surface area (Å²) in [6.45, 7) is 3.77. The van der Waals surface area contributed by atoms with E-state index in [1.807, 2.05) is 31.2 Å². The minimum absolute atomic E-state index is 0.303. The number of para-hydroxylation sites is 1. The lowest BCUT2D eigenvalue weighted by Gasteiger charge is -2.29. The largest absolute Gasteiger partial charge is 0.299 e. The summed E-state index contributed by atoms with van der Waals surface area (Å²) in [5.74, 6) is -0.451. The van der Waals surface area contributed by atoms with Gasteiger partial charge in [0.1, 0.15) is 11.0 Å². The highest BCUT2D eigenvalue weighted by atomic mass is 32.2. The zero-order valence-corrected chi connectivity index (χ0v) is 18.0. The summed E-state index contributed by atoms with van der Waals surface area (Å²) in [4.78, 5) is 12.9. The standard InChI is InChI=1S/C20H22N4O3S2/c1-4-17(24(29(3,26)27)16-8-6-5-7-9-16)18(25)21-20-23-22-19(28-20)15-12-10-14(2)11-13-15/h5-13,17H,4H2,1-3H3,(H,21,23,25)/t17-/m1/s1. The van der Waals surface area contributed by atoms with Gasteiger partial charge in [0.15, 0.2) is 0 Å². The van der Waals surface area contributed by atoms with Gasteiger partial charge in [-0.2, -0.15) is 0 Å². The first-order chi connectivity index (χ1) is 13.8. The molecule has 152 valence electrons. The molecule has 9 heteroatoms. The van der Waals surface area contributed by atoms with E-state index in [2.05, 4.69) is 15.5 Å². The van der Waals surface area contributed by atoms with Crippen LogP contribution in [0, 0.1) is 6.92 Å². The Balaban J connectivity index is 1.83. The van der Waals surface area contributed by atoms with Crippen LogP contribution in [-0.2, 0) is 14.8 Å². The summed E-state index contributed by atoms with van der Waals surface area (Å²) in [7, 11) is -3.67. The van der Waals surface area contributed by atoms with Crippen molar-refractivity contribution in [3.63, 3.8) is 0 Å². The fraction of sp³-hybridized carbons (Fsp3) is 0.250. The molecule has 3 aromatic rings. The second kappa shape index (κ2) is 8.71. The minimum atomic E-state index is -3.67. The van der Waals surface area contributed by atoms with Crippen LogP contribution in [0.5, 0.6) is 0 Å².